The lowest BCUT2D eigenvalue weighted by molar-refractivity contribution is 0.217. The second-order valence-electron chi connectivity index (χ2n) is 9.19. The van der Waals surface area contributed by atoms with Gasteiger partial charge in [-0.25, -0.2) is 13.4 Å². The molecule has 1 aromatic heterocycles. The summed E-state index contributed by atoms with van der Waals surface area (Å²) in [6.45, 7) is 1.10. The number of nitrogens with zero attached hydrogens (tertiary/aromatic N) is 3. The molecule has 11 heteroatoms. The number of hydrogen-bond donors (Lipinski definition) is 1. The first-order valence-electron chi connectivity index (χ1n) is 11.5. The fraction of sp³-hybridized carbons (Fsp3) is 0.762. The van der Waals surface area contributed by atoms with Crippen LogP contribution in [0.3, 0.4) is 0 Å². The van der Waals surface area contributed by atoms with Crippen LogP contribution >= 0.6 is 0 Å². The SMILES string of the molecule is NCc1ccnc(OCC2CC(C3CCCCC3)CN2S(=O)(=O)N2CCS(=O)(=O)CC2)c1. The van der Waals surface area contributed by atoms with Crippen molar-refractivity contribution in [3.8, 4) is 5.88 Å². The van der Waals surface area contributed by atoms with Crippen LogP contribution in [-0.4, -0.2) is 74.2 Å². The van der Waals surface area contributed by atoms with Crippen LogP contribution in [0.25, 0.3) is 0 Å². The van der Waals surface area contributed by atoms with Gasteiger partial charge >= 0.3 is 0 Å². The Bertz CT molecular complexity index is 981. The third kappa shape index (κ3) is 5.44. The van der Waals surface area contributed by atoms with Gasteiger partial charge in [0, 0.05) is 38.4 Å². The molecule has 0 amide bonds. The van der Waals surface area contributed by atoms with E-state index in [1.807, 2.05) is 6.07 Å². The molecule has 3 fully saturated rings. The van der Waals surface area contributed by atoms with E-state index < -0.39 is 20.0 Å². The van der Waals surface area contributed by atoms with E-state index in [1.165, 1.54) is 23.6 Å². The molecule has 2 saturated heterocycles. The van der Waals surface area contributed by atoms with Crippen LogP contribution in [0, 0.1) is 11.8 Å². The zero-order valence-electron chi connectivity index (χ0n) is 18.4. The minimum Gasteiger partial charge on any atom is -0.476 e. The van der Waals surface area contributed by atoms with Crippen molar-refractivity contribution in [1.82, 2.24) is 13.6 Å². The van der Waals surface area contributed by atoms with Crippen LogP contribution in [0.2, 0.25) is 0 Å². The summed E-state index contributed by atoms with van der Waals surface area (Å²) in [5.41, 5.74) is 6.60. The van der Waals surface area contributed by atoms with Crippen LogP contribution in [0.1, 0.15) is 44.1 Å². The Morgan fingerprint density at radius 3 is 2.53 bits per heavy atom. The summed E-state index contributed by atoms with van der Waals surface area (Å²) in [6, 6.07) is 3.30. The van der Waals surface area contributed by atoms with Gasteiger partial charge in [-0.05, 0) is 29.9 Å². The fourth-order valence-corrected chi connectivity index (χ4v) is 8.49. The van der Waals surface area contributed by atoms with Crippen LogP contribution in [-0.2, 0) is 26.6 Å². The van der Waals surface area contributed by atoms with Crippen molar-refractivity contribution in [2.45, 2.75) is 51.1 Å². The van der Waals surface area contributed by atoms with Gasteiger partial charge < -0.3 is 10.5 Å². The summed E-state index contributed by atoms with van der Waals surface area (Å²) >= 11 is 0. The first-order valence-corrected chi connectivity index (χ1v) is 14.8. The fourth-order valence-electron chi connectivity index (χ4n) is 5.22. The van der Waals surface area contributed by atoms with E-state index in [2.05, 4.69) is 4.98 Å². The second kappa shape index (κ2) is 9.92. The molecular formula is C21H34N4O5S2. The van der Waals surface area contributed by atoms with Gasteiger partial charge in [0.05, 0.1) is 17.5 Å². The van der Waals surface area contributed by atoms with E-state index in [0.717, 1.165) is 24.8 Å². The van der Waals surface area contributed by atoms with Crippen molar-refractivity contribution >= 4 is 20.0 Å². The van der Waals surface area contributed by atoms with E-state index >= 15 is 0 Å². The molecule has 3 heterocycles. The lowest BCUT2D eigenvalue weighted by atomic mass is 9.79. The van der Waals surface area contributed by atoms with Crippen molar-refractivity contribution in [2.75, 3.05) is 37.7 Å². The predicted octanol–water partition coefficient (Wildman–Crippen LogP) is 1.17. The summed E-state index contributed by atoms with van der Waals surface area (Å²) in [5.74, 6) is 1.03. The average molecular weight is 487 g/mol. The van der Waals surface area contributed by atoms with Crippen molar-refractivity contribution < 1.29 is 21.6 Å². The number of nitrogens with two attached hydrogens (primary N) is 1. The Balaban J connectivity index is 1.50. The van der Waals surface area contributed by atoms with Crippen LogP contribution in [0.4, 0.5) is 0 Å². The molecule has 0 bridgehead atoms. The Morgan fingerprint density at radius 2 is 1.84 bits per heavy atom. The van der Waals surface area contributed by atoms with Crippen molar-refractivity contribution in [2.24, 2.45) is 17.6 Å². The first kappa shape index (κ1) is 23.9. The van der Waals surface area contributed by atoms with E-state index in [-0.39, 0.29) is 37.2 Å². The highest BCUT2D eigenvalue weighted by Gasteiger charge is 2.45. The summed E-state index contributed by atoms with van der Waals surface area (Å²) < 4.78 is 59.5. The summed E-state index contributed by atoms with van der Waals surface area (Å²) in [5, 5.41) is 0. The molecule has 1 aromatic rings. The minimum atomic E-state index is -3.77. The summed E-state index contributed by atoms with van der Waals surface area (Å²) in [7, 11) is -6.93. The number of aromatic nitrogens is 1. The maximum Gasteiger partial charge on any atom is 0.282 e. The molecule has 1 saturated carbocycles. The smallest absolute Gasteiger partial charge is 0.282 e. The normalized spacial score (nSPS) is 28.0. The topological polar surface area (TPSA) is 123 Å². The molecule has 2 N–H and O–H groups in total. The molecule has 180 valence electrons. The highest BCUT2D eigenvalue weighted by atomic mass is 32.2. The monoisotopic (exact) mass is 486 g/mol. The quantitative estimate of drug-likeness (QED) is 0.613. The molecule has 32 heavy (non-hydrogen) atoms. The average Bonchev–Trinajstić information content (AvgIpc) is 3.23. The number of rotatable bonds is 7. The summed E-state index contributed by atoms with van der Waals surface area (Å²) in [6.07, 6.45) is 8.35. The van der Waals surface area contributed by atoms with Gasteiger partial charge in [0.25, 0.3) is 10.2 Å². The molecule has 0 aromatic carbocycles. The molecule has 0 spiro atoms. The van der Waals surface area contributed by atoms with Gasteiger partial charge in [-0.1, -0.05) is 32.1 Å². The minimum absolute atomic E-state index is 0.0168. The molecule has 1 aliphatic carbocycles. The molecule has 2 aliphatic heterocycles. The number of sulfone groups is 1. The molecule has 4 rings (SSSR count). The zero-order valence-corrected chi connectivity index (χ0v) is 20.1. The van der Waals surface area contributed by atoms with Crippen molar-refractivity contribution in [3.05, 3.63) is 23.9 Å². The zero-order chi connectivity index (χ0) is 22.8. The third-order valence-electron chi connectivity index (χ3n) is 7.10. The van der Waals surface area contributed by atoms with E-state index in [9.17, 15) is 16.8 Å². The van der Waals surface area contributed by atoms with Gasteiger partial charge in [-0.3, -0.25) is 0 Å². The second-order valence-corrected chi connectivity index (χ2v) is 13.4. The van der Waals surface area contributed by atoms with Crippen LogP contribution in [0.15, 0.2) is 18.3 Å². The van der Waals surface area contributed by atoms with E-state index in [0.29, 0.717) is 30.8 Å². The standard InChI is InChI=1S/C21H34N4O5S2/c22-14-17-6-7-23-21(12-17)30-16-20-13-19(18-4-2-1-3-5-18)15-25(20)32(28,29)24-8-10-31(26,27)11-9-24/h6-7,12,18-20H,1-5,8-11,13-16,22H2. The first-order chi connectivity index (χ1) is 15.3. The Kier molecular flexibility index (Phi) is 7.40. The number of pyridine rings is 1. The third-order valence-corrected chi connectivity index (χ3v) is 10.8. The molecule has 2 unspecified atom stereocenters. The molecule has 9 nitrogen and oxygen atoms in total. The Labute approximate surface area is 191 Å². The van der Waals surface area contributed by atoms with Crippen molar-refractivity contribution in [3.63, 3.8) is 0 Å². The lowest BCUT2D eigenvalue weighted by Crippen LogP contribution is -2.52. The number of ether oxygens (including phenoxy) is 1. The largest absolute Gasteiger partial charge is 0.476 e. The van der Waals surface area contributed by atoms with Crippen molar-refractivity contribution in [1.29, 1.82) is 0 Å². The molecule has 0 radical (unpaired) electrons. The van der Waals surface area contributed by atoms with Gasteiger partial charge in [-0.15, -0.1) is 0 Å². The molecular weight excluding hydrogens is 452 g/mol. The van der Waals surface area contributed by atoms with Gasteiger partial charge in [0.2, 0.25) is 5.88 Å². The van der Waals surface area contributed by atoms with Gasteiger partial charge in [-0.2, -0.15) is 17.0 Å². The van der Waals surface area contributed by atoms with E-state index in [1.54, 1.807) is 16.6 Å². The van der Waals surface area contributed by atoms with Gasteiger partial charge in [0.15, 0.2) is 9.84 Å². The van der Waals surface area contributed by atoms with Crippen LogP contribution in [0.5, 0.6) is 5.88 Å². The highest BCUT2D eigenvalue weighted by Crippen LogP contribution is 2.39. The highest BCUT2D eigenvalue weighted by molar-refractivity contribution is 7.91. The van der Waals surface area contributed by atoms with E-state index in [4.69, 9.17) is 10.5 Å². The Morgan fingerprint density at radius 1 is 1.12 bits per heavy atom. The maximum atomic E-state index is 13.5. The summed E-state index contributed by atoms with van der Waals surface area (Å²) in [4.78, 5) is 4.23. The lowest BCUT2D eigenvalue weighted by Gasteiger charge is -2.33. The number of hydrogen-bond acceptors (Lipinski definition) is 7. The molecule has 2 atom stereocenters. The van der Waals surface area contributed by atoms with Crippen LogP contribution < -0.4 is 10.5 Å². The van der Waals surface area contributed by atoms with Gasteiger partial charge in [0.1, 0.15) is 6.61 Å². The molecule has 3 aliphatic rings. The predicted molar refractivity (Wildman–Crippen MR) is 122 cm³/mol. The maximum absolute atomic E-state index is 13.5. The Hall–Kier alpha value is -1.27.